The van der Waals surface area contributed by atoms with Gasteiger partial charge in [0.2, 0.25) is 9.84 Å². The van der Waals surface area contributed by atoms with E-state index in [1.54, 1.807) is 6.07 Å². The third kappa shape index (κ3) is 5.01. The fourth-order valence-corrected chi connectivity index (χ4v) is 4.79. The van der Waals surface area contributed by atoms with Crippen molar-refractivity contribution < 1.29 is 26.4 Å². The largest absolute Gasteiger partial charge is 0.416 e. The van der Waals surface area contributed by atoms with Gasteiger partial charge >= 0.3 is 6.18 Å². The maximum atomic E-state index is 13.2. The molecule has 1 atom stereocenters. The van der Waals surface area contributed by atoms with Crippen LogP contribution in [0.2, 0.25) is 15.1 Å². The van der Waals surface area contributed by atoms with Gasteiger partial charge in [-0.25, -0.2) is 8.42 Å². The lowest BCUT2D eigenvalue weighted by atomic mass is 10.1. The number of nitriles is 1. The molecule has 0 saturated heterocycles. The van der Waals surface area contributed by atoms with Crippen LogP contribution in [0.3, 0.4) is 0 Å². The Morgan fingerprint density at radius 2 is 1.61 bits per heavy atom. The first-order valence-corrected chi connectivity index (χ1v) is 10.8. The van der Waals surface area contributed by atoms with Crippen molar-refractivity contribution >= 4 is 56.1 Å². The van der Waals surface area contributed by atoms with Gasteiger partial charge in [-0.1, -0.05) is 34.8 Å². The van der Waals surface area contributed by atoms with E-state index < -0.39 is 54.4 Å². The standard InChI is InChI=1S/C18H11Cl3F3N3O3S/c1-10(28)17(6-7-25,31(29,30)13-4-2-12(19)3-5-13)27-26-16-14(20)8-11(9-15(16)21)18(22,23)24/h2-5,8-9H,6H2,1H3/b27-26+. The second-order valence-electron chi connectivity index (χ2n) is 6.12. The van der Waals surface area contributed by atoms with E-state index >= 15 is 0 Å². The highest BCUT2D eigenvalue weighted by Gasteiger charge is 2.50. The number of alkyl halides is 3. The van der Waals surface area contributed by atoms with E-state index in [-0.39, 0.29) is 9.92 Å². The van der Waals surface area contributed by atoms with Gasteiger partial charge in [0.1, 0.15) is 5.69 Å². The van der Waals surface area contributed by atoms with Crippen LogP contribution >= 0.6 is 34.8 Å². The molecule has 0 saturated carbocycles. The highest BCUT2D eigenvalue weighted by Crippen LogP contribution is 2.41. The SMILES string of the molecule is CC(=O)C(CC#N)(/N=N/c1c(Cl)cc(C(F)(F)F)cc1Cl)S(=O)(=O)c1ccc(Cl)cc1. The number of nitrogens with zero attached hydrogens (tertiary/aromatic N) is 3. The maximum absolute atomic E-state index is 13.2. The Morgan fingerprint density at radius 3 is 2.03 bits per heavy atom. The topological polar surface area (TPSA) is 99.7 Å². The molecule has 0 aliphatic carbocycles. The van der Waals surface area contributed by atoms with Crippen LogP contribution < -0.4 is 0 Å². The number of hydrogen-bond acceptors (Lipinski definition) is 6. The van der Waals surface area contributed by atoms with E-state index in [9.17, 15) is 31.6 Å². The molecule has 2 rings (SSSR count). The molecule has 0 heterocycles. The summed E-state index contributed by atoms with van der Waals surface area (Å²) in [6.45, 7) is 0.889. The second-order valence-corrected chi connectivity index (χ2v) is 9.52. The molecule has 0 aliphatic heterocycles. The van der Waals surface area contributed by atoms with Crippen molar-refractivity contribution in [3.8, 4) is 6.07 Å². The van der Waals surface area contributed by atoms with Gasteiger partial charge in [-0.15, -0.1) is 0 Å². The van der Waals surface area contributed by atoms with Crippen LogP contribution in [0.25, 0.3) is 0 Å². The summed E-state index contributed by atoms with van der Waals surface area (Å²) < 4.78 is 65.1. The van der Waals surface area contributed by atoms with E-state index in [4.69, 9.17) is 34.8 Å². The van der Waals surface area contributed by atoms with E-state index in [1.807, 2.05) is 0 Å². The van der Waals surface area contributed by atoms with Crippen LogP contribution in [0.4, 0.5) is 18.9 Å². The molecule has 2 aromatic carbocycles. The van der Waals surface area contributed by atoms with Crippen molar-refractivity contribution in [1.82, 2.24) is 0 Å². The molecule has 0 aromatic heterocycles. The summed E-state index contributed by atoms with van der Waals surface area (Å²) in [6.07, 6.45) is -5.67. The lowest BCUT2D eigenvalue weighted by molar-refractivity contribution is -0.137. The summed E-state index contributed by atoms with van der Waals surface area (Å²) in [4.78, 5) is 9.34. The van der Waals surface area contributed by atoms with Gasteiger partial charge in [0.25, 0.3) is 4.87 Å². The van der Waals surface area contributed by atoms with Crippen molar-refractivity contribution in [2.45, 2.75) is 29.3 Å². The Bertz CT molecular complexity index is 1170. The number of carbonyl (C=O) groups excluding carboxylic acids is 1. The van der Waals surface area contributed by atoms with Gasteiger partial charge in [-0.3, -0.25) is 4.79 Å². The second kappa shape index (κ2) is 9.12. The molecule has 0 fully saturated rings. The molecule has 6 nitrogen and oxygen atoms in total. The summed E-state index contributed by atoms with van der Waals surface area (Å²) in [5.74, 6) is -1.05. The minimum atomic E-state index is -4.75. The predicted molar refractivity (Wildman–Crippen MR) is 108 cm³/mol. The van der Waals surface area contributed by atoms with Gasteiger partial charge in [-0.05, 0) is 43.3 Å². The van der Waals surface area contributed by atoms with E-state index in [0.29, 0.717) is 12.1 Å². The fraction of sp³-hybridized carbons (Fsp3) is 0.222. The lowest BCUT2D eigenvalue weighted by Crippen LogP contribution is -2.43. The minimum absolute atomic E-state index is 0.220. The zero-order chi connectivity index (χ0) is 23.6. The number of hydrogen-bond donors (Lipinski definition) is 0. The van der Waals surface area contributed by atoms with Crippen molar-refractivity contribution in [2.75, 3.05) is 0 Å². The van der Waals surface area contributed by atoms with Crippen LogP contribution in [0.5, 0.6) is 0 Å². The number of sulfone groups is 1. The highest BCUT2D eigenvalue weighted by atomic mass is 35.5. The molecule has 2 aromatic rings. The molecule has 0 amide bonds. The average molecular weight is 513 g/mol. The maximum Gasteiger partial charge on any atom is 0.416 e. The van der Waals surface area contributed by atoms with Gasteiger partial charge in [0.05, 0.1) is 33.0 Å². The van der Waals surface area contributed by atoms with Crippen LogP contribution in [-0.4, -0.2) is 19.1 Å². The third-order valence-electron chi connectivity index (χ3n) is 4.09. The first-order valence-electron chi connectivity index (χ1n) is 8.13. The van der Waals surface area contributed by atoms with Crippen molar-refractivity contribution in [3.63, 3.8) is 0 Å². The van der Waals surface area contributed by atoms with E-state index in [1.165, 1.54) is 12.1 Å². The average Bonchev–Trinajstić information content (AvgIpc) is 2.65. The monoisotopic (exact) mass is 511 g/mol. The Kier molecular flexibility index (Phi) is 7.38. The number of benzene rings is 2. The van der Waals surface area contributed by atoms with Gasteiger partial charge in [0, 0.05) is 5.02 Å². The first-order chi connectivity index (χ1) is 14.3. The zero-order valence-electron chi connectivity index (χ0n) is 15.4. The number of carbonyl (C=O) groups is 1. The summed E-state index contributed by atoms with van der Waals surface area (Å²) in [6, 6.07) is 7.36. The van der Waals surface area contributed by atoms with Gasteiger partial charge in [0.15, 0.2) is 5.78 Å². The molecule has 31 heavy (non-hydrogen) atoms. The summed E-state index contributed by atoms with van der Waals surface area (Å²) in [5, 5.41) is 15.4. The number of halogens is 6. The Labute approximate surface area is 190 Å². The normalized spacial score (nSPS) is 14.3. The van der Waals surface area contributed by atoms with Crippen molar-refractivity contribution in [3.05, 3.63) is 57.0 Å². The fourth-order valence-electron chi connectivity index (χ4n) is 2.44. The van der Waals surface area contributed by atoms with Crippen LogP contribution in [0.1, 0.15) is 18.9 Å². The van der Waals surface area contributed by atoms with Crippen molar-refractivity contribution in [2.24, 2.45) is 10.2 Å². The first kappa shape index (κ1) is 25.1. The zero-order valence-corrected chi connectivity index (χ0v) is 18.5. The number of ketones is 1. The van der Waals surface area contributed by atoms with Crippen LogP contribution in [-0.2, 0) is 20.8 Å². The Morgan fingerprint density at radius 1 is 1.10 bits per heavy atom. The number of azo groups is 1. The smallest absolute Gasteiger partial charge is 0.296 e. The van der Waals surface area contributed by atoms with E-state index in [0.717, 1.165) is 19.1 Å². The molecular weight excluding hydrogens is 502 g/mol. The highest BCUT2D eigenvalue weighted by molar-refractivity contribution is 7.93. The minimum Gasteiger partial charge on any atom is -0.296 e. The predicted octanol–water partition coefficient (Wildman–Crippen LogP) is 6.42. The van der Waals surface area contributed by atoms with Crippen LogP contribution in [0.15, 0.2) is 51.5 Å². The van der Waals surface area contributed by atoms with E-state index in [2.05, 4.69) is 10.2 Å². The molecular formula is C18H11Cl3F3N3O3S. The summed E-state index contributed by atoms with van der Waals surface area (Å²) in [7, 11) is -4.63. The van der Waals surface area contributed by atoms with Gasteiger partial charge < -0.3 is 0 Å². The van der Waals surface area contributed by atoms with Gasteiger partial charge in [-0.2, -0.15) is 28.7 Å². The molecule has 0 N–H and O–H groups in total. The molecule has 0 aliphatic rings. The quantitative estimate of drug-likeness (QED) is 0.417. The molecule has 1 unspecified atom stereocenters. The molecule has 0 spiro atoms. The molecule has 13 heteroatoms. The molecule has 0 radical (unpaired) electrons. The number of Topliss-reactive ketones (excluding diaryl/α,β-unsaturated/α-hetero) is 1. The molecule has 164 valence electrons. The molecule has 0 bridgehead atoms. The Balaban J connectivity index is 2.69. The summed E-state index contributed by atoms with van der Waals surface area (Å²) >= 11 is 17.4. The van der Waals surface area contributed by atoms with Crippen LogP contribution in [0, 0.1) is 11.3 Å². The third-order valence-corrected chi connectivity index (χ3v) is 7.22. The Hall–Kier alpha value is -2.19. The number of rotatable bonds is 6. The van der Waals surface area contributed by atoms with Crippen molar-refractivity contribution in [1.29, 1.82) is 5.26 Å². The summed E-state index contributed by atoms with van der Waals surface area (Å²) in [5.41, 5.74) is -1.66. The lowest BCUT2D eigenvalue weighted by Gasteiger charge is -2.23.